The predicted molar refractivity (Wildman–Crippen MR) is 80.7 cm³/mol. The van der Waals surface area contributed by atoms with Crippen LogP contribution in [-0.4, -0.2) is 24.1 Å². The van der Waals surface area contributed by atoms with Crippen LogP contribution in [0.25, 0.3) is 11.3 Å². The zero-order valence-electron chi connectivity index (χ0n) is 11.6. The number of hydrogen-bond donors (Lipinski definition) is 2. The van der Waals surface area contributed by atoms with E-state index in [1.165, 1.54) is 20.2 Å². The van der Waals surface area contributed by atoms with Crippen LogP contribution in [-0.2, 0) is 6.18 Å². The van der Waals surface area contributed by atoms with Crippen molar-refractivity contribution in [3.63, 3.8) is 0 Å². The third-order valence-electron chi connectivity index (χ3n) is 2.87. The van der Waals surface area contributed by atoms with E-state index in [-0.39, 0.29) is 28.8 Å². The van der Waals surface area contributed by atoms with Gasteiger partial charge in [0.2, 0.25) is 5.95 Å². The van der Waals surface area contributed by atoms with Gasteiger partial charge in [0.25, 0.3) is 0 Å². The van der Waals surface area contributed by atoms with Crippen molar-refractivity contribution >= 4 is 27.7 Å². The van der Waals surface area contributed by atoms with Crippen LogP contribution in [0.2, 0.25) is 0 Å². The highest BCUT2D eigenvalue weighted by molar-refractivity contribution is 9.10. The van der Waals surface area contributed by atoms with Gasteiger partial charge in [-0.05, 0) is 18.2 Å². The van der Waals surface area contributed by atoms with E-state index in [9.17, 15) is 13.2 Å². The molecule has 3 N–H and O–H groups in total. The van der Waals surface area contributed by atoms with Crippen molar-refractivity contribution < 1.29 is 17.9 Å². The fraction of sp³-hybridized carbons (Fsp3) is 0.231. The standard InChI is InChI=1S/C13H12BrF3N4O/c1-19-11-9(13(15,16)17)10(20-12(18)21-11)7-4-3-6(14)5-8(7)22-2/h3-5H,1-2H3,(H3,18,19,20,21). The van der Waals surface area contributed by atoms with Crippen molar-refractivity contribution in [1.29, 1.82) is 0 Å². The van der Waals surface area contributed by atoms with Crippen molar-refractivity contribution in [3.8, 4) is 17.0 Å². The maximum absolute atomic E-state index is 13.4. The van der Waals surface area contributed by atoms with Crippen LogP contribution in [0.3, 0.4) is 0 Å². The molecule has 0 radical (unpaired) electrons. The molecule has 2 rings (SSSR count). The topological polar surface area (TPSA) is 73.1 Å². The fourth-order valence-corrected chi connectivity index (χ4v) is 2.32. The van der Waals surface area contributed by atoms with Crippen molar-refractivity contribution in [1.82, 2.24) is 9.97 Å². The minimum Gasteiger partial charge on any atom is -0.496 e. The fourth-order valence-electron chi connectivity index (χ4n) is 1.98. The van der Waals surface area contributed by atoms with Gasteiger partial charge in [0.15, 0.2) is 0 Å². The summed E-state index contributed by atoms with van der Waals surface area (Å²) in [5.74, 6) is -0.419. The zero-order chi connectivity index (χ0) is 16.5. The number of ether oxygens (including phenoxy) is 1. The van der Waals surface area contributed by atoms with Gasteiger partial charge in [-0.3, -0.25) is 0 Å². The Morgan fingerprint density at radius 3 is 2.50 bits per heavy atom. The van der Waals surface area contributed by atoms with E-state index in [2.05, 4.69) is 31.2 Å². The van der Waals surface area contributed by atoms with Crippen LogP contribution in [0.1, 0.15) is 5.56 Å². The third-order valence-corrected chi connectivity index (χ3v) is 3.36. The van der Waals surface area contributed by atoms with Gasteiger partial charge >= 0.3 is 6.18 Å². The molecule has 0 aliphatic rings. The highest BCUT2D eigenvalue weighted by Crippen LogP contribution is 2.43. The molecule has 0 aliphatic carbocycles. The van der Waals surface area contributed by atoms with Gasteiger partial charge in [-0.15, -0.1) is 0 Å². The Morgan fingerprint density at radius 1 is 1.27 bits per heavy atom. The number of rotatable bonds is 3. The lowest BCUT2D eigenvalue weighted by atomic mass is 10.0. The first-order chi connectivity index (χ1) is 10.3. The number of benzene rings is 1. The highest BCUT2D eigenvalue weighted by atomic mass is 79.9. The molecule has 0 saturated heterocycles. The molecule has 0 spiro atoms. The van der Waals surface area contributed by atoms with Gasteiger partial charge in [-0.2, -0.15) is 18.2 Å². The number of nitrogens with zero attached hydrogens (tertiary/aromatic N) is 2. The van der Waals surface area contributed by atoms with E-state index in [0.29, 0.717) is 4.47 Å². The average Bonchev–Trinajstić information content (AvgIpc) is 2.44. The molecule has 0 saturated carbocycles. The van der Waals surface area contributed by atoms with E-state index >= 15 is 0 Å². The third kappa shape index (κ3) is 3.08. The smallest absolute Gasteiger partial charge is 0.422 e. The molecule has 0 atom stereocenters. The average molecular weight is 377 g/mol. The van der Waals surface area contributed by atoms with Crippen molar-refractivity contribution in [2.75, 3.05) is 25.2 Å². The van der Waals surface area contributed by atoms with Gasteiger partial charge in [0.1, 0.15) is 17.1 Å². The number of methoxy groups -OCH3 is 1. The summed E-state index contributed by atoms with van der Waals surface area (Å²) in [6, 6.07) is 4.61. The van der Waals surface area contributed by atoms with Crippen LogP contribution < -0.4 is 15.8 Å². The van der Waals surface area contributed by atoms with Gasteiger partial charge in [-0.1, -0.05) is 15.9 Å². The number of alkyl halides is 3. The van der Waals surface area contributed by atoms with Crippen LogP contribution in [0.4, 0.5) is 24.9 Å². The number of hydrogen-bond acceptors (Lipinski definition) is 5. The minimum atomic E-state index is -4.65. The van der Waals surface area contributed by atoms with Gasteiger partial charge in [0, 0.05) is 17.1 Å². The highest BCUT2D eigenvalue weighted by Gasteiger charge is 2.39. The second-order valence-electron chi connectivity index (χ2n) is 4.25. The van der Waals surface area contributed by atoms with E-state index in [0.717, 1.165) is 0 Å². The lowest BCUT2D eigenvalue weighted by Crippen LogP contribution is -2.15. The number of nitrogen functional groups attached to an aromatic ring is 1. The molecule has 5 nitrogen and oxygen atoms in total. The number of nitrogens with two attached hydrogens (primary N) is 1. The molecule has 0 unspecified atom stereocenters. The quantitative estimate of drug-likeness (QED) is 0.856. The number of nitrogens with one attached hydrogen (secondary N) is 1. The van der Waals surface area contributed by atoms with Gasteiger partial charge < -0.3 is 15.8 Å². The summed E-state index contributed by atoms with van der Waals surface area (Å²) in [6.07, 6.45) is -4.65. The monoisotopic (exact) mass is 376 g/mol. The maximum Gasteiger partial charge on any atom is 0.422 e. The van der Waals surface area contributed by atoms with Gasteiger partial charge in [-0.25, -0.2) is 4.98 Å². The molecule has 1 aromatic carbocycles. The molecule has 0 aliphatic heterocycles. The maximum atomic E-state index is 13.4. The first-order valence-corrected chi connectivity index (χ1v) is 6.83. The Morgan fingerprint density at radius 2 is 1.95 bits per heavy atom. The second-order valence-corrected chi connectivity index (χ2v) is 5.16. The Balaban J connectivity index is 2.83. The summed E-state index contributed by atoms with van der Waals surface area (Å²) in [4.78, 5) is 7.37. The van der Waals surface area contributed by atoms with E-state index in [4.69, 9.17) is 10.5 Å². The summed E-state index contributed by atoms with van der Waals surface area (Å²) in [5.41, 5.74) is 4.36. The molecule has 0 bridgehead atoms. The van der Waals surface area contributed by atoms with E-state index in [1.807, 2.05) is 0 Å². The van der Waals surface area contributed by atoms with E-state index < -0.39 is 11.7 Å². The molecular formula is C13H12BrF3N4O. The molecule has 118 valence electrons. The minimum absolute atomic E-state index is 0.170. The van der Waals surface area contributed by atoms with E-state index in [1.54, 1.807) is 12.1 Å². The van der Waals surface area contributed by atoms with Crippen LogP contribution >= 0.6 is 15.9 Å². The first kappa shape index (κ1) is 16.3. The summed E-state index contributed by atoms with van der Waals surface area (Å²) in [5, 5.41) is 2.40. The predicted octanol–water partition coefficient (Wildman–Crippen LogP) is 3.56. The lowest BCUT2D eigenvalue weighted by Gasteiger charge is -2.17. The zero-order valence-corrected chi connectivity index (χ0v) is 13.2. The molecule has 0 fully saturated rings. The van der Waals surface area contributed by atoms with Crippen molar-refractivity contribution in [3.05, 3.63) is 28.2 Å². The normalized spacial score (nSPS) is 11.4. The van der Waals surface area contributed by atoms with Crippen molar-refractivity contribution in [2.24, 2.45) is 0 Å². The molecule has 9 heteroatoms. The molecule has 2 aromatic rings. The summed E-state index contributed by atoms with van der Waals surface area (Å²) in [7, 11) is 2.70. The van der Waals surface area contributed by atoms with Crippen molar-refractivity contribution in [2.45, 2.75) is 6.18 Å². The Labute approximate surface area is 132 Å². The van der Waals surface area contributed by atoms with Crippen LogP contribution in [0.15, 0.2) is 22.7 Å². The molecule has 22 heavy (non-hydrogen) atoms. The largest absolute Gasteiger partial charge is 0.496 e. The SMILES string of the molecule is CNc1nc(N)nc(-c2ccc(Br)cc2OC)c1C(F)(F)F. The summed E-state index contributed by atoms with van der Waals surface area (Å²) >= 11 is 3.24. The summed E-state index contributed by atoms with van der Waals surface area (Å²) in [6.45, 7) is 0. The van der Waals surface area contributed by atoms with Crippen LogP contribution in [0.5, 0.6) is 5.75 Å². The molecular weight excluding hydrogens is 365 g/mol. The second kappa shape index (κ2) is 5.99. The molecule has 0 amide bonds. The lowest BCUT2D eigenvalue weighted by molar-refractivity contribution is -0.136. The number of aromatic nitrogens is 2. The summed E-state index contributed by atoms with van der Waals surface area (Å²) < 4.78 is 46.1. The Bertz CT molecular complexity index is 706. The number of halogens is 4. The molecule has 1 aromatic heterocycles. The Kier molecular flexibility index (Phi) is 4.45. The number of anilines is 2. The van der Waals surface area contributed by atoms with Crippen LogP contribution in [0, 0.1) is 0 Å². The molecule has 1 heterocycles. The first-order valence-electron chi connectivity index (χ1n) is 6.04. The van der Waals surface area contributed by atoms with Gasteiger partial charge in [0.05, 0.1) is 12.8 Å². The Hall–Kier alpha value is -2.03.